The average Bonchev–Trinajstić information content (AvgIpc) is 2.58. The molecule has 0 saturated carbocycles. The predicted molar refractivity (Wildman–Crippen MR) is 99.3 cm³/mol. The minimum absolute atomic E-state index is 0.0124. The fraction of sp³-hybridized carbons (Fsp3) is 0.588. The first-order valence-corrected chi connectivity index (χ1v) is 10.1. The molecular weight excluding hydrogens is 342 g/mol. The number of rotatable bonds is 7. The molecule has 1 heterocycles. The van der Waals surface area contributed by atoms with Gasteiger partial charge in [0, 0.05) is 12.8 Å². The summed E-state index contributed by atoms with van der Waals surface area (Å²) in [5.74, 6) is -0.0458. The molecule has 0 aliphatic carbocycles. The van der Waals surface area contributed by atoms with Crippen LogP contribution in [0, 0.1) is 12.3 Å². The van der Waals surface area contributed by atoms with Crippen molar-refractivity contribution in [1.82, 2.24) is 5.32 Å². The molecule has 1 saturated heterocycles. The number of anilines is 2. The number of hydrogen-bond acceptors (Lipinski definition) is 5. The van der Waals surface area contributed by atoms with E-state index in [2.05, 4.69) is 15.4 Å². The second-order valence-corrected chi connectivity index (χ2v) is 8.46. The Labute approximate surface area is 149 Å². The monoisotopic (exact) mass is 369 g/mol. The molecular formula is C17H27N3O4S. The van der Waals surface area contributed by atoms with Crippen molar-refractivity contribution in [2.24, 2.45) is 5.41 Å². The zero-order valence-corrected chi connectivity index (χ0v) is 15.8. The summed E-state index contributed by atoms with van der Waals surface area (Å²) in [4.78, 5) is 12.8. The van der Waals surface area contributed by atoms with Gasteiger partial charge in [-0.15, -0.1) is 0 Å². The molecule has 1 aliphatic rings. The number of benzene rings is 1. The first-order chi connectivity index (χ1) is 11.8. The number of methoxy groups -OCH3 is 1. The molecule has 0 aromatic heterocycles. The molecule has 3 N–H and O–H groups in total. The SMILES string of the molecule is CCS(=O)(=O)Nc1ccc(NC(=O)C2(COC)CCNCC2)cc1C. The highest BCUT2D eigenvalue weighted by atomic mass is 32.2. The van der Waals surface area contributed by atoms with E-state index in [0.29, 0.717) is 18.0 Å². The Morgan fingerprint density at radius 1 is 1.32 bits per heavy atom. The van der Waals surface area contributed by atoms with Crippen LogP contribution in [0.1, 0.15) is 25.3 Å². The first-order valence-electron chi connectivity index (χ1n) is 8.44. The predicted octanol–water partition coefficient (Wildman–Crippen LogP) is 1.71. The minimum atomic E-state index is -3.33. The smallest absolute Gasteiger partial charge is 0.233 e. The zero-order valence-electron chi connectivity index (χ0n) is 15.0. The molecule has 25 heavy (non-hydrogen) atoms. The van der Waals surface area contributed by atoms with E-state index in [1.807, 2.05) is 0 Å². The molecule has 1 aromatic carbocycles. The lowest BCUT2D eigenvalue weighted by Gasteiger charge is -2.35. The van der Waals surface area contributed by atoms with Crippen molar-refractivity contribution in [1.29, 1.82) is 0 Å². The van der Waals surface area contributed by atoms with Crippen molar-refractivity contribution >= 4 is 27.3 Å². The Kier molecular flexibility index (Phi) is 6.42. The van der Waals surface area contributed by atoms with E-state index in [4.69, 9.17) is 4.74 Å². The van der Waals surface area contributed by atoms with Gasteiger partial charge in [0.1, 0.15) is 0 Å². The van der Waals surface area contributed by atoms with Gasteiger partial charge in [0.25, 0.3) is 0 Å². The number of amides is 1. The fourth-order valence-electron chi connectivity index (χ4n) is 2.98. The molecule has 1 aliphatic heterocycles. The summed E-state index contributed by atoms with van der Waals surface area (Å²) in [5, 5.41) is 6.22. The quantitative estimate of drug-likeness (QED) is 0.680. The zero-order chi connectivity index (χ0) is 18.5. The standard InChI is InChI=1S/C17H27N3O4S/c1-4-25(22,23)20-15-6-5-14(11-13(15)2)19-16(21)17(12-24-3)7-9-18-10-8-17/h5-6,11,18,20H,4,7-10,12H2,1-3H3,(H,19,21). The Hall–Kier alpha value is -1.64. The van der Waals surface area contributed by atoms with Crippen molar-refractivity contribution in [3.05, 3.63) is 23.8 Å². The van der Waals surface area contributed by atoms with Gasteiger partial charge in [-0.1, -0.05) is 0 Å². The molecule has 140 valence electrons. The summed E-state index contributed by atoms with van der Waals surface area (Å²) < 4.78 is 31.2. The molecule has 0 radical (unpaired) electrons. The molecule has 2 rings (SSSR count). The lowest BCUT2D eigenvalue weighted by Crippen LogP contribution is -2.47. The highest BCUT2D eigenvalue weighted by Crippen LogP contribution is 2.31. The molecule has 1 aromatic rings. The van der Waals surface area contributed by atoms with Gasteiger partial charge >= 0.3 is 0 Å². The van der Waals surface area contributed by atoms with Gasteiger partial charge in [0.15, 0.2) is 0 Å². The molecule has 0 bridgehead atoms. The summed E-state index contributed by atoms with van der Waals surface area (Å²) in [6, 6.07) is 5.15. The van der Waals surface area contributed by atoms with Gasteiger partial charge in [-0.3, -0.25) is 9.52 Å². The summed E-state index contributed by atoms with van der Waals surface area (Å²) in [6.07, 6.45) is 1.44. The van der Waals surface area contributed by atoms with Crippen LogP contribution in [-0.4, -0.2) is 46.9 Å². The number of sulfonamides is 1. The van der Waals surface area contributed by atoms with Crippen LogP contribution >= 0.6 is 0 Å². The highest BCUT2D eigenvalue weighted by Gasteiger charge is 2.39. The molecule has 7 nitrogen and oxygen atoms in total. The van der Waals surface area contributed by atoms with Crippen molar-refractivity contribution in [2.75, 3.05) is 42.6 Å². The maximum atomic E-state index is 12.8. The number of aryl methyl sites for hydroxylation is 1. The minimum Gasteiger partial charge on any atom is -0.384 e. The van der Waals surface area contributed by atoms with E-state index in [9.17, 15) is 13.2 Å². The van der Waals surface area contributed by atoms with Crippen LogP contribution in [0.2, 0.25) is 0 Å². The number of hydrogen-bond donors (Lipinski definition) is 3. The Morgan fingerprint density at radius 2 is 2.00 bits per heavy atom. The Bertz CT molecular complexity index is 707. The fourth-order valence-corrected chi connectivity index (χ4v) is 3.69. The van der Waals surface area contributed by atoms with Crippen LogP contribution < -0.4 is 15.4 Å². The molecule has 8 heteroatoms. The number of carbonyl (C=O) groups is 1. The van der Waals surface area contributed by atoms with E-state index >= 15 is 0 Å². The third-order valence-electron chi connectivity index (χ3n) is 4.59. The molecule has 0 unspecified atom stereocenters. The largest absolute Gasteiger partial charge is 0.384 e. The van der Waals surface area contributed by atoms with Crippen LogP contribution in [0.3, 0.4) is 0 Å². The number of ether oxygens (including phenoxy) is 1. The molecule has 0 spiro atoms. The van der Waals surface area contributed by atoms with Gasteiger partial charge in [-0.05, 0) is 63.5 Å². The van der Waals surface area contributed by atoms with Gasteiger partial charge in [-0.2, -0.15) is 0 Å². The summed E-state index contributed by atoms with van der Waals surface area (Å²) in [5.41, 5.74) is 1.39. The second-order valence-electron chi connectivity index (χ2n) is 6.45. The molecule has 1 fully saturated rings. The van der Waals surface area contributed by atoms with Crippen LogP contribution in [0.15, 0.2) is 18.2 Å². The van der Waals surface area contributed by atoms with Crippen LogP contribution in [-0.2, 0) is 19.6 Å². The summed E-state index contributed by atoms with van der Waals surface area (Å²) >= 11 is 0. The third kappa shape index (κ3) is 4.93. The van der Waals surface area contributed by atoms with E-state index < -0.39 is 15.4 Å². The maximum Gasteiger partial charge on any atom is 0.233 e. The van der Waals surface area contributed by atoms with Crippen molar-refractivity contribution in [3.63, 3.8) is 0 Å². The lowest BCUT2D eigenvalue weighted by molar-refractivity contribution is -0.130. The van der Waals surface area contributed by atoms with E-state index in [1.54, 1.807) is 39.2 Å². The van der Waals surface area contributed by atoms with Crippen LogP contribution in [0.5, 0.6) is 0 Å². The Balaban J connectivity index is 2.14. The van der Waals surface area contributed by atoms with Gasteiger partial charge in [0.05, 0.1) is 23.5 Å². The van der Waals surface area contributed by atoms with E-state index in [-0.39, 0.29) is 11.7 Å². The number of carbonyl (C=O) groups excluding carboxylic acids is 1. The van der Waals surface area contributed by atoms with Crippen LogP contribution in [0.4, 0.5) is 11.4 Å². The molecule has 1 amide bonds. The summed E-state index contributed by atoms with van der Waals surface area (Å²) in [7, 11) is -1.72. The van der Waals surface area contributed by atoms with Gasteiger partial charge < -0.3 is 15.4 Å². The Morgan fingerprint density at radius 3 is 2.56 bits per heavy atom. The maximum absolute atomic E-state index is 12.8. The molecule has 0 atom stereocenters. The topological polar surface area (TPSA) is 96.5 Å². The van der Waals surface area contributed by atoms with Gasteiger partial charge in [-0.25, -0.2) is 8.42 Å². The van der Waals surface area contributed by atoms with Crippen molar-refractivity contribution in [2.45, 2.75) is 26.7 Å². The van der Waals surface area contributed by atoms with Crippen molar-refractivity contribution in [3.8, 4) is 0 Å². The summed E-state index contributed by atoms with van der Waals surface area (Å²) in [6.45, 7) is 5.34. The normalized spacial score (nSPS) is 17.1. The average molecular weight is 369 g/mol. The van der Waals surface area contributed by atoms with Crippen LogP contribution in [0.25, 0.3) is 0 Å². The first kappa shape index (κ1) is 19.7. The highest BCUT2D eigenvalue weighted by molar-refractivity contribution is 7.92. The van der Waals surface area contributed by atoms with E-state index in [1.165, 1.54) is 0 Å². The van der Waals surface area contributed by atoms with Gasteiger partial charge in [0.2, 0.25) is 15.9 Å². The number of piperidine rings is 1. The van der Waals surface area contributed by atoms with E-state index in [0.717, 1.165) is 31.5 Å². The third-order valence-corrected chi connectivity index (χ3v) is 5.88. The van der Waals surface area contributed by atoms with Crippen molar-refractivity contribution < 1.29 is 17.9 Å². The second kappa shape index (κ2) is 8.16. The number of nitrogens with one attached hydrogen (secondary N) is 3. The lowest BCUT2D eigenvalue weighted by atomic mass is 9.78.